The Morgan fingerprint density at radius 3 is 2.72 bits per heavy atom. The molecule has 0 aliphatic rings. The standard InChI is InChI=1S/C12H14N2O4/c1-8-10(12(15)16)6-9(4-3-5-13-2)7-11(8)14(17)18/h3-4,6-7,13H,5H2,1-2H3,(H,15,16). The summed E-state index contributed by atoms with van der Waals surface area (Å²) in [5.74, 6) is -1.17. The maximum atomic E-state index is 11.0. The van der Waals surface area contributed by atoms with Crippen LogP contribution in [0.3, 0.4) is 0 Å². The average molecular weight is 250 g/mol. The number of carboxylic acid groups (broad SMARTS) is 1. The number of nitro groups is 1. The quantitative estimate of drug-likeness (QED) is 0.614. The van der Waals surface area contributed by atoms with Crippen molar-refractivity contribution in [2.45, 2.75) is 6.92 Å². The average Bonchev–Trinajstić information content (AvgIpc) is 2.30. The van der Waals surface area contributed by atoms with E-state index in [1.54, 1.807) is 19.2 Å². The Morgan fingerprint density at radius 1 is 1.56 bits per heavy atom. The van der Waals surface area contributed by atoms with Crippen molar-refractivity contribution in [2.75, 3.05) is 13.6 Å². The minimum absolute atomic E-state index is 0.0479. The van der Waals surface area contributed by atoms with Gasteiger partial charge in [0.2, 0.25) is 0 Å². The highest BCUT2D eigenvalue weighted by Crippen LogP contribution is 2.24. The van der Waals surface area contributed by atoms with E-state index in [1.165, 1.54) is 19.1 Å². The summed E-state index contributed by atoms with van der Waals surface area (Å²) < 4.78 is 0. The van der Waals surface area contributed by atoms with E-state index in [0.29, 0.717) is 12.1 Å². The number of hydrogen-bond donors (Lipinski definition) is 2. The topological polar surface area (TPSA) is 92.5 Å². The van der Waals surface area contributed by atoms with E-state index in [4.69, 9.17) is 5.11 Å². The van der Waals surface area contributed by atoms with E-state index in [2.05, 4.69) is 5.32 Å². The Bertz CT molecular complexity index is 474. The Balaban J connectivity index is 3.29. The molecule has 0 aliphatic heterocycles. The van der Waals surface area contributed by atoms with Crippen molar-refractivity contribution >= 4 is 17.7 Å². The minimum atomic E-state index is -1.17. The van der Waals surface area contributed by atoms with Gasteiger partial charge in [-0.1, -0.05) is 12.2 Å². The van der Waals surface area contributed by atoms with Gasteiger partial charge in [0.25, 0.3) is 5.69 Å². The molecule has 0 fully saturated rings. The number of carboxylic acids is 1. The number of rotatable bonds is 5. The van der Waals surface area contributed by atoms with Gasteiger partial charge in [0, 0.05) is 18.2 Å². The summed E-state index contributed by atoms with van der Waals surface area (Å²) in [5.41, 5.74) is 0.436. The normalized spacial score (nSPS) is 10.8. The second-order valence-electron chi connectivity index (χ2n) is 3.73. The molecule has 18 heavy (non-hydrogen) atoms. The lowest BCUT2D eigenvalue weighted by atomic mass is 10.0. The van der Waals surface area contributed by atoms with Crippen LogP contribution in [0.5, 0.6) is 0 Å². The molecular weight excluding hydrogens is 236 g/mol. The van der Waals surface area contributed by atoms with Crippen molar-refractivity contribution in [3.63, 3.8) is 0 Å². The fraction of sp³-hybridized carbons (Fsp3) is 0.250. The van der Waals surface area contributed by atoms with Gasteiger partial charge in [-0.15, -0.1) is 0 Å². The Labute approximate surface area is 104 Å². The SMILES string of the molecule is CNCC=Cc1cc(C(=O)O)c(C)c([N+](=O)[O-])c1. The van der Waals surface area contributed by atoms with Gasteiger partial charge in [0.05, 0.1) is 10.5 Å². The zero-order valence-electron chi connectivity index (χ0n) is 10.1. The first kappa shape index (κ1) is 13.9. The van der Waals surface area contributed by atoms with Crippen molar-refractivity contribution in [1.82, 2.24) is 5.32 Å². The van der Waals surface area contributed by atoms with Crippen molar-refractivity contribution in [1.29, 1.82) is 0 Å². The molecule has 2 N–H and O–H groups in total. The second kappa shape index (κ2) is 5.92. The largest absolute Gasteiger partial charge is 0.478 e. The van der Waals surface area contributed by atoms with Crippen LogP contribution in [0, 0.1) is 17.0 Å². The van der Waals surface area contributed by atoms with Gasteiger partial charge >= 0.3 is 5.97 Å². The van der Waals surface area contributed by atoms with Gasteiger partial charge in [0.15, 0.2) is 0 Å². The van der Waals surface area contributed by atoms with Gasteiger partial charge < -0.3 is 10.4 Å². The van der Waals surface area contributed by atoms with Crippen LogP contribution in [0.15, 0.2) is 18.2 Å². The van der Waals surface area contributed by atoms with E-state index < -0.39 is 10.9 Å². The third-order valence-electron chi connectivity index (χ3n) is 2.46. The molecule has 0 aromatic heterocycles. The molecule has 0 radical (unpaired) electrons. The Hall–Kier alpha value is -2.21. The molecule has 0 atom stereocenters. The van der Waals surface area contributed by atoms with E-state index >= 15 is 0 Å². The number of aromatic carboxylic acids is 1. The van der Waals surface area contributed by atoms with Crippen LogP contribution >= 0.6 is 0 Å². The number of hydrogen-bond acceptors (Lipinski definition) is 4. The summed E-state index contributed by atoms with van der Waals surface area (Å²) in [6, 6.07) is 2.80. The fourth-order valence-corrected chi connectivity index (χ4v) is 1.54. The molecule has 1 rings (SSSR count). The number of benzene rings is 1. The minimum Gasteiger partial charge on any atom is -0.478 e. The molecule has 0 amide bonds. The number of nitro benzene ring substituents is 1. The first-order valence-corrected chi connectivity index (χ1v) is 5.30. The van der Waals surface area contributed by atoms with Crippen molar-refractivity contribution in [2.24, 2.45) is 0 Å². The van der Waals surface area contributed by atoms with Gasteiger partial charge in [0.1, 0.15) is 0 Å². The highest BCUT2D eigenvalue weighted by atomic mass is 16.6. The summed E-state index contributed by atoms with van der Waals surface area (Å²) in [4.78, 5) is 21.3. The molecule has 1 aromatic rings. The molecule has 1 aromatic carbocycles. The predicted molar refractivity (Wildman–Crippen MR) is 67.8 cm³/mol. The lowest BCUT2D eigenvalue weighted by molar-refractivity contribution is -0.385. The summed E-state index contributed by atoms with van der Waals surface area (Å²) in [5, 5.41) is 22.8. The van der Waals surface area contributed by atoms with Crippen LogP contribution in [0.4, 0.5) is 5.69 Å². The lowest BCUT2D eigenvalue weighted by Crippen LogP contribution is -2.05. The van der Waals surface area contributed by atoms with E-state index in [1.807, 2.05) is 0 Å². The van der Waals surface area contributed by atoms with Crippen molar-refractivity contribution in [3.05, 3.63) is 45.0 Å². The summed E-state index contributed by atoms with van der Waals surface area (Å²) in [6.07, 6.45) is 3.41. The van der Waals surface area contributed by atoms with E-state index in [9.17, 15) is 14.9 Å². The van der Waals surface area contributed by atoms with E-state index in [-0.39, 0.29) is 16.8 Å². The second-order valence-corrected chi connectivity index (χ2v) is 3.73. The van der Waals surface area contributed by atoms with Crippen LogP contribution in [0.25, 0.3) is 6.08 Å². The monoisotopic (exact) mass is 250 g/mol. The third-order valence-corrected chi connectivity index (χ3v) is 2.46. The smallest absolute Gasteiger partial charge is 0.336 e. The summed E-state index contributed by atoms with van der Waals surface area (Å²) in [6.45, 7) is 2.03. The lowest BCUT2D eigenvalue weighted by Gasteiger charge is -2.04. The molecule has 0 saturated carbocycles. The van der Waals surface area contributed by atoms with Crippen LogP contribution in [0.2, 0.25) is 0 Å². The van der Waals surface area contributed by atoms with Crippen LogP contribution in [-0.2, 0) is 0 Å². The summed E-state index contributed by atoms with van der Waals surface area (Å²) >= 11 is 0. The number of carbonyl (C=O) groups is 1. The van der Waals surface area contributed by atoms with Crippen molar-refractivity contribution in [3.8, 4) is 0 Å². The molecule has 0 heterocycles. The van der Waals surface area contributed by atoms with Crippen LogP contribution in [-0.4, -0.2) is 29.6 Å². The van der Waals surface area contributed by atoms with Gasteiger partial charge in [-0.05, 0) is 25.6 Å². The summed E-state index contributed by atoms with van der Waals surface area (Å²) in [7, 11) is 1.77. The van der Waals surface area contributed by atoms with Crippen LogP contribution < -0.4 is 5.32 Å². The number of nitrogens with zero attached hydrogens (tertiary/aromatic N) is 1. The number of likely N-dealkylation sites (N-methyl/N-ethyl adjacent to an activating group) is 1. The highest BCUT2D eigenvalue weighted by Gasteiger charge is 2.19. The Morgan fingerprint density at radius 2 is 2.22 bits per heavy atom. The predicted octanol–water partition coefficient (Wildman–Crippen LogP) is 1.83. The first-order chi connectivity index (χ1) is 8.47. The molecule has 96 valence electrons. The molecule has 0 unspecified atom stereocenters. The molecule has 0 aliphatic carbocycles. The van der Waals surface area contributed by atoms with Gasteiger partial charge in [-0.2, -0.15) is 0 Å². The maximum absolute atomic E-state index is 11.0. The fourth-order valence-electron chi connectivity index (χ4n) is 1.54. The number of nitrogens with one attached hydrogen (secondary N) is 1. The molecule has 6 heteroatoms. The maximum Gasteiger partial charge on any atom is 0.336 e. The molecular formula is C12H14N2O4. The zero-order chi connectivity index (χ0) is 13.7. The van der Waals surface area contributed by atoms with Gasteiger partial charge in [-0.3, -0.25) is 10.1 Å². The van der Waals surface area contributed by atoms with Gasteiger partial charge in [-0.25, -0.2) is 4.79 Å². The third kappa shape index (κ3) is 3.14. The Kier molecular flexibility index (Phi) is 4.56. The molecule has 6 nitrogen and oxygen atoms in total. The molecule has 0 bridgehead atoms. The molecule has 0 spiro atoms. The van der Waals surface area contributed by atoms with Crippen molar-refractivity contribution < 1.29 is 14.8 Å². The van der Waals surface area contributed by atoms with E-state index in [0.717, 1.165) is 0 Å². The van der Waals surface area contributed by atoms with Crippen LogP contribution in [0.1, 0.15) is 21.5 Å². The first-order valence-electron chi connectivity index (χ1n) is 5.30. The zero-order valence-corrected chi connectivity index (χ0v) is 10.1. The highest BCUT2D eigenvalue weighted by molar-refractivity contribution is 5.91. The molecule has 0 saturated heterocycles.